The number of carbonyl (C=O) groups is 2. The van der Waals surface area contributed by atoms with E-state index in [2.05, 4.69) is 47.9 Å². The third kappa shape index (κ3) is 3.53. The van der Waals surface area contributed by atoms with Crippen LogP contribution in [0.2, 0.25) is 0 Å². The quantitative estimate of drug-likeness (QED) is 0.687. The van der Waals surface area contributed by atoms with Crippen LogP contribution in [0, 0.1) is 5.92 Å². The van der Waals surface area contributed by atoms with Gasteiger partial charge in [-0.25, -0.2) is 0 Å². The molecule has 2 N–H and O–H groups in total. The van der Waals surface area contributed by atoms with E-state index in [1.807, 2.05) is 19.1 Å². The Morgan fingerprint density at radius 3 is 2.62 bits per heavy atom. The highest BCUT2D eigenvalue weighted by atomic mass is 16.2. The molecule has 4 rings (SSSR count). The fourth-order valence-electron chi connectivity index (χ4n) is 4.43. The number of benzene rings is 2. The van der Waals surface area contributed by atoms with E-state index >= 15 is 0 Å². The molecule has 150 valence electrons. The van der Waals surface area contributed by atoms with E-state index in [4.69, 9.17) is 5.73 Å². The van der Waals surface area contributed by atoms with Crippen LogP contribution < -0.4 is 5.73 Å². The largest absolute Gasteiger partial charge is 0.369 e. The molecule has 1 saturated heterocycles. The average molecular weight is 389 g/mol. The third-order valence-corrected chi connectivity index (χ3v) is 6.10. The van der Waals surface area contributed by atoms with E-state index < -0.39 is 0 Å². The summed E-state index contributed by atoms with van der Waals surface area (Å²) in [6.45, 7) is 5.49. The summed E-state index contributed by atoms with van der Waals surface area (Å²) >= 11 is 0. The summed E-state index contributed by atoms with van der Waals surface area (Å²) in [5.74, 6) is -0.643. The van der Waals surface area contributed by atoms with E-state index in [0.717, 1.165) is 24.9 Å². The van der Waals surface area contributed by atoms with Crippen LogP contribution in [0.1, 0.15) is 32.3 Å². The number of nitrogens with two attached hydrogens (primary N) is 1. The fraction of sp³-hybridized carbons (Fsp3) is 0.333. The van der Waals surface area contributed by atoms with Gasteiger partial charge >= 0.3 is 0 Å². The first kappa shape index (κ1) is 19.2. The van der Waals surface area contributed by atoms with Crippen molar-refractivity contribution in [1.29, 1.82) is 0 Å². The number of aryl methyl sites for hydroxylation is 1. The molecule has 5 nitrogen and oxygen atoms in total. The van der Waals surface area contributed by atoms with Crippen molar-refractivity contribution < 1.29 is 9.59 Å². The molecular formula is C24H27N3O2. The van der Waals surface area contributed by atoms with Gasteiger partial charge in [-0.1, -0.05) is 24.3 Å². The van der Waals surface area contributed by atoms with Crippen LogP contribution in [0.4, 0.5) is 0 Å². The first-order valence-corrected chi connectivity index (χ1v) is 10.3. The molecule has 2 atom stereocenters. The standard InChI is InChI=1S/C24H27N3O2/c1-3-26-21-7-5-4-6-19(21)20-14-17(9-12-22(20)26)10-13-23(28)27-15-18(24(25)29)11-8-16(27)2/h4-7,9-10,12-14,16,18H,3,8,11,15H2,1-2H3,(H2,25,29)/b13-10-/t16-,18-/m1/s1. The van der Waals surface area contributed by atoms with Gasteiger partial charge in [0.1, 0.15) is 0 Å². The number of nitrogens with zero attached hydrogens (tertiary/aromatic N) is 2. The third-order valence-electron chi connectivity index (χ3n) is 6.10. The smallest absolute Gasteiger partial charge is 0.246 e. The zero-order valence-electron chi connectivity index (χ0n) is 17.0. The summed E-state index contributed by atoms with van der Waals surface area (Å²) in [6.07, 6.45) is 5.03. The Bertz CT molecular complexity index is 1110. The van der Waals surface area contributed by atoms with Gasteiger partial charge in [0.05, 0.1) is 5.92 Å². The highest BCUT2D eigenvalue weighted by Crippen LogP contribution is 2.30. The van der Waals surface area contributed by atoms with Crippen LogP contribution in [-0.4, -0.2) is 33.9 Å². The minimum Gasteiger partial charge on any atom is -0.369 e. The van der Waals surface area contributed by atoms with Gasteiger partial charge < -0.3 is 15.2 Å². The molecule has 2 amide bonds. The second-order valence-corrected chi connectivity index (χ2v) is 7.89. The number of hydrogen-bond donors (Lipinski definition) is 1. The lowest BCUT2D eigenvalue weighted by Crippen LogP contribution is -2.48. The van der Waals surface area contributed by atoms with E-state index in [1.54, 1.807) is 11.0 Å². The van der Waals surface area contributed by atoms with Crippen LogP contribution in [-0.2, 0) is 16.1 Å². The predicted octanol–water partition coefficient (Wildman–Crippen LogP) is 3.94. The molecule has 0 spiro atoms. The van der Waals surface area contributed by atoms with E-state index in [-0.39, 0.29) is 23.8 Å². The number of rotatable bonds is 4. The van der Waals surface area contributed by atoms with Gasteiger partial charge in [-0.2, -0.15) is 0 Å². The van der Waals surface area contributed by atoms with Crippen molar-refractivity contribution in [2.75, 3.05) is 6.54 Å². The molecule has 0 saturated carbocycles. The average Bonchev–Trinajstić information content (AvgIpc) is 3.05. The Morgan fingerprint density at radius 1 is 1.10 bits per heavy atom. The Hall–Kier alpha value is -3.08. The summed E-state index contributed by atoms with van der Waals surface area (Å²) in [5.41, 5.74) is 8.87. The highest BCUT2D eigenvalue weighted by molar-refractivity contribution is 6.08. The van der Waals surface area contributed by atoms with E-state index in [1.165, 1.54) is 21.8 Å². The number of primary amides is 1. The maximum Gasteiger partial charge on any atom is 0.246 e. The second kappa shape index (κ2) is 7.74. The van der Waals surface area contributed by atoms with Gasteiger partial charge in [-0.3, -0.25) is 9.59 Å². The molecule has 5 heteroatoms. The minimum atomic E-state index is -0.323. The Morgan fingerprint density at radius 2 is 1.86 bits per heavy atom. The topological polar surface area (TPSA) is 68.3 Å². The molecule has 1 aliphatic heterocycles. The summed E-state index contributed by atoms with van der Waals surface area (Å²) < 4.78 is 2.31. The van der Waals surface area contributed by atoms with Crippen LogP contribution in [0.25, 0.3) is 27.9 Å². The van der Waals surface area contributed by atoms with Crippen molar-refractivity contribution in [3.8, 4) is 0 Å². The Balaban J connectivity index is 1.62. The number of para-hydroxylation sites is 1. The van der Waals surface area contributed by atoms with Gasteiger partial charge in [-0.05, 0) is 56.5 Å². The molecule has 0 bridgehead atoms. The minimum absolute atomic E-state index is 0.0699. The first-order chi connectivity index (χ1) is 14.0. The molecule has 2 heterocycles. The number of piperidine rings is 1. The van der Waals surface area contributed by atoms with Crippen LogP contribution in [0.3, 0.4) is 0 Å². The van der Waals surface area contributed by atoms with Crippen molar-refractivity contribution in [3.63, 3.8) is 0 Å². The SMILES string of the molecule is CCn1c2ccccc2c2cc(/C=C\C(=O)N3C[C@H](C(N)=O)CC[C@H]3C)ccc21. The number of fused-ring (bicyclic) bond motifs is 3. The molecule has 3 aromatic rings. The number of carbonyl (C=O) groups excluding carboxylic acids is 2. The van der Waals surface area contributed by atoms with Gasteiger partial charge in [0.15, 0.2) is 0 Å². The predicted molar refractivity (Wildman–Crippen MR) is 117 cm³/mol. The van der Waals surface area contributed by atoms with E-state index in [9.17, 15) is 9.59 Å². The molecule has 1 fully saturated rings. The number of aromatic nitrogens is 1. The van der Waals surface area contributed by atoms with Crippen molar-refractivity contribution in [3.05, 3.63) is 54.1 Å². The zero-order valence-corrected chi connectivity index (χ0v) is 17.0. The molecule has 1 aliphatic rings. The number of hydrogen-bond acceptors (Lipinski definition) is 2. The normalized spacial score (nSPS) is 20.0. The van der Waals surface area contributed by atoms with Crippen LogP contribution >= 0.6 is 0 Å². The van der Waals surface area contributed by atoms with E-state index in [0.29, 0.717) is 6.54 Å². The lowest BCUT2D eigenvalue weighted by Gasteiger charge is -2.36. The van der Waals surface area contributed by atoms with Crippen molar-refractivity contribution in [2.45, 2.75) is 39.3 Å². The van der Waals surface area contributed by atoms with Crippen molar-refractivity contribution in [2.24, 2.45) is 11.7 Å². The summed E-state index contributed by atoms with van der Waals surface area (Å²) in [6, 6.07) is 14.8. The molecule has 2 aromatic carbocycles. The van der Waals surface area contributed by atoms with Gasteiger partial charge in [0, 0.05) is 47.0 Å². The van der Waals surface area contributed by atoms with Crippen LogP contribution in [0.5, 0.6) is 0 Å². The van der Waals surface area contributed by atoms with Gasteiger partial charge in [-0.15, -0.1) is 0 Å². The molecule has 0 radical (unpaired) electrons. The molecule has 1 aromatic heterocycles. The van der Waals surface area contributed by atoms with Gasteiger partial charge in [0.25, 0.3) is 0 Å². The highest BCUT2D eigenvalue weighted by Gasteiger charge is 2.30. The molecule has 0 aliphatic carbocycles. The summed E-state index contributed by atoms with van der Waals surface area (Å²) in [4.78, 5) is 26.1. The fourth-order valence-corrected chi connectivity index (χ4v) is 4.43. The zero-order chi connectivity index (χ0) is 20.5. The second-order valence-electron chi connectivity index (χ2n) is 7.89. The lowest BCUT2D eigenvalue weighted by molar-refractivity contribution is -0.133. The van der Waals surface area contributed by atoms with Crippen LogP contribution in [0.15, 0.2) is 48.5 Å². The Labute approximate surface area is 170 Å². The number of amides is 2. The number of likely N-dealkylation sites (tertiary alicyclic amines) is 1. The van der Waals surface area contributed by atoms with Crippen molar-refractivity contribution >= 4 is 39.7 Å². The summed E-state index contributed by atoms with van der Waals surface area (Å²) in [7, 11) is 0. The first-order valence-electron chi connectivity index (χ1n) is 10.3. The maximum absolute atomic E-state index is 12.8. The Kier molecular flexibility index (Phi) is 5.14. The monoisotopic (exact) mass is 389 g/mol. The summed E-state index contributed by atoms with van der Waals surface area (Å²) in [5, 5.41) is 2.41. The van der Waals surface area contributed by atoms with Gasteiger partial charge in [0.2, 0.25) is 11.8 Å². The molecular weight excluding hydrogens is 362 g/mol. The molecule has 0 unspecified atom stereocenters. The maximum atomic E-state index is 12.8. The van der Waals surface area contributed by atoms with Crippen molar-refractivity contribution in [1.82, 2.24) is 9.47 Å². The lowest BCUT2D eigenvalue weighted by atomic mass is 9.93. The molecule has 29 heavy (non-hydrogen) atoms.